The van der Waals surface area contributed by atoms with Crippen LogP contribution in [-0.2, 0) is 33.7 Å². The number of methoxy groups -OCH3 is 1. The summed E-state index contributed by atoms with van der Waals surface area (Å²) in [6, 6.07) is 9.64. The molecular formula is C27H36N2O6. The number of carbonyl (C=O) groups is 2. The summed E-state index contributed by atoms with van der Waals surface area (Å²) >= 11 is 0. The molecule has 2 aromatic rings. The maximum Gasteiger partial charge on any atom is 0.304 e. The number of fused-ring (bicyclic) bond motifs is 1. The average molecular weight is 485 g/mol. The van der Waals surface area contributed by atoms with Gasteiger partial charge in [0.1, 0.15) is 11.5 Å². The van der Waals surface area contributed by atoms with Gasteiger partial charge in [0.05, 0.1) is 32.7 Å². The van der Waals surface area contributed by atoms with Gasteiger partial charge < -0.3 is 24.2 Å². The van der Waals surface area contributed by atoms with Crippen LogP contribution in [0.25, 0.3) is 0 Å². The van der Waals surface area contributed by atoms with Crippen LogP contribution >= 0.6 is 0 Å². The van der Waals surface area contributed by atoms with Crippen LogP contribution in [0, 0.1) is 5.92 Å². The number of rotatable bonds is 14. The van der Waals surface area contributed by atoms with Crippen molar-refractivity contribution in [2.45, 2.75) is 52.0 Å². The fraction of sp³-hybridized carbons (Fsp3) is 0.519. The first-order valence-electron chi connectivity index (χ1n) is 12.3. The molecule has 0 radical (unpaired) electrons. The summed E-state index contributed by atoms with van der Waals surface area (Å²) in [6.07, 6.45) is 5.59. The number of aryl methyl sites for hydroxylation is 1. The molecule has 35 heavy (non-hydrogen) atoms. The molecule has 0 saturated heterocycles. The number of aromatic nitrogens is 1. The summed E-state index contributed by atoms with van der Waals surface area (Å²) < 4.78 is 16.8. The van der Waals surface area contributed by atoms with Crippen LogP contribution in [0.3, 0.4) is 0 Å². The number of pyridine rings is 1. The van der Waals surface area contributed by atoms with Gasteiger partial charge in [0.2, 0.25) is 5.91 Å². The van der Waals surface area contributed by atoms with Crippen molar-refractivity contribution in [3.8, 4) is 11.5 Å². The lowest BCUT2D eigenvalue weighted by atomic mass is 9.94. The van der Waals surface area contributed by atoms with Crippen molar-refractivity contribution in [3.63, 3.8) is 0 Å². The fourth-order valence-electron chi connectivity index (χ4n) is 4.23. The lowest BCUT2D eigenvalue weighted by Crippen LogP contribution is -2.37. The number of unbranched alkanes of at least 4 members (excludes halogenated alkanes) is 1. The van der Waals surface area contributed by atoms with Gasteiger partial charge in [-0.3, -0.25) is 14.6 Å². The molecule has 1 atom stereocenters. The predicted octanol–water partition coefficient (Wildman–Crippen LogP) is 3.89. The molecule has 2 heterocycles. The molecule has 3 rings (SSSR count). The van der Waals surface area contributed by atoms with Gasteiger partial charge in [-0.15, -0.1) is 0 Å². The highest BCUT2D eigenvalue weighted by Crippen LogP contribution is 2.28. The second kappa shape index (κ2) is 13.7. The number of amides is 1. The molecule has 1 aliphatic rings. The molecule has 190 valence electrons. The molecule has 1 aliphatic heterocycles. The van der Waals surface area contributed by atoms with Crippen molar-refractivity contribution in [2.75, 3.05) is 33.5 Å². The summed E-state index contributed by atoms with van der Waals surface area (Å²) in [7, 11) is 1.65. The molecule has 1 aromatic carbocycles. The minimum absolute atomic E-state index is 0.127. The molecule has 0 spiro atoms. The Morgan fingerprint density at radius 3 is 2.74 bits per heavy atom. The van der Waals surface area contributed by atoms with Gasteiger partial charge >= 0.3 is 5.97 Å². The van der Waals surface area contributed by atoms with E-state index in [9.17, 15) is 14.7 Å². The average Bonchev–Trinajstić information content (AvgIpc) is 2.97. The molecule has 0 fully saturated rings. The maximum absolute atomic E-state index is 13.1. The number of carbonyl (C=O) groups excluding carboxylic acids is 1. The van der Waals surface area contributed by atoms with E-state index in [0.717, 1.165) is 54.0 Å². The smallest absolute Gasteiger partial charge is 0.304 e. The number of benzene rings is 1. The van der Waals surface area contributed by atoms with Gasteiger partial charge in [-0.1, -0.05) is 13.0 Å². The highest BCUT2D eigenvalue weighted by molar-refractivity contribution is 5.84. The van der Waals surface area contributed by atoms with Crippen molar-refractivity contribution in [1.29, 1.82) is 0 Å². The Bertz CT molecular complexity index is 980. The van der Waals surface area contributed by atoms with Crippen LogP contribution in [-0.4, -0.2) is 60.3 Å². The Morgan fingerprint density at radius 1 is 1.11 bits per heavy atom. The molecule has 8 nitrogen and oxygen atoms in total. The minimum atomic E-state index is -0.960. The monoisotopic (exact) mass is 484 g/mol. The predicted molar refractivity (Wildman–Crippen MR) is 132 cm³/mol. The molecule has 1 N–H and O–H groups in total. The zero-order valence-electron chi connectivity index (χ0n) is 20.7. The SMILES string of the molecule is CCCOCCN1Cc2cc(OCCCCc3cc(OC)ccn3)ccc2C[C@@H](CC(=O)O)C1=O. The molecule has 8 heteroatoms. The van der Waals surface area contributed by atoms with E-state index >= 15 is 0 Å². The van der Waals surface area contributed by atoms with Crippen molar-refractivity contribution >= 4 is 11.9 Å². The van der Waals surface area contributed by atoms with E-state index in [1.54, 1.807) is 18.2 Å². The van der Waals surface area contributed by atoms with E-state index in [4.69, 9.17) is 14.2 Å². The first-order chi connectivity index (χ1) is 17.0. The highest BCUT2D eigenvalue weighted by Gasteiger charge is 2.31. The Balaban J connectivity index is 1.58. The van der Waals surface area contributed by atoms with Gasteiger partial charge in [-0.05, 0) is 61.4 Å². The first-order valence-corrected chi connectivity index (χ1v) is 12.3. The molecule has 1 amide bonds. The minimum Gasteiger partial charge on any atom is -0.497 e. The lowest BCUT2D eigenvalue weighted by molar-refractivity contribution is -0.145. The van der Waals surface area contributed by atoms with E-state index in [0.29, 0.717) is 39.3 Å². The summed E-state index contributed by atoms with van der Waals surface area (Å²) in [5.41, 5.74) is 3.00. The molecule has 0 unspecified atom stereocenters. The van der Waals surface area contributed by atoms with Crippen LogP contribution in [0.5, 0.6) is 11.5 Å². The number of ether oxygens (including phenoxy) is 3. The molecular weight excluding hydrogens is 448 g/mol. The molecule has 1 aromatic heterocycles. The van der Waals surface area contributed by atoms with Gasteiger partial charge in [0.25, 0.3) is 0 Å². The Morgan fingerprint density at radius 2 is 1.97 bits per heavy atom. The summed E-state index contributed by atoms with van der Waals surface area (Å²) in [4.78, 5) is 30.5. The third-order valence-corrected chi connectivity index (χ3v) is 6.06. The maximum atomic E-state index is 13.1. The van der Waals surface area contributed by atoms with Crippen LogP contribution < -0.4 is 9.47 Å². The summed E-state index contributed by atoms with van der Waals surface area (Å²) in [5, 5.41) is 9.31. The quantitative estimate of drug-likeness (QED) is 0.406. The Kier molecular flexibility index (Phi) is 10.3. The van der Waals surface area contributed by atoms with E-state index < -0.39 is 11.9 Å². The first kappa shape index (κ1) is 26.5. The van der Waals surface area contributed by atoms with Crippen LogP contribution in [0.2, 0.25) is 0 Å². The second-order valence-electron chi connectivity index (χ2n) is 8.79. The number of carboxylic acid groups (broad SMARTS) is 1. The van der Waals surface area contributed by atoms with Crippen molar-refractivity contribution < 1.29 is 28.9 Å². The largest absolute Gasteiger partial charge is 0.497 e. The van der Waals surface area contributed by atoms with Crippen molar-refractivity contribution in [2.24, 2.45) is 5.92 Å². The number of hydrogen-bond acceptors (Lipinski definition) is 6. The molecule has 0 bridgehead atoms. The van der Waals surface area contributed by atoms with Crippen molar-refractivity contribution in [3.05, 3.63) is 53.3 Å². The topological polar surface area (TPSA) is 98.2 Å². The molecule has 0 aliphatic carbocycles. The van der Waals surface area contributed by atoms with E-state index in [-0.39, 0.29) is 12.3 Å². The molecule has 0 saturated carbocycles. The third-order valence-electron chi connectivity index (χ3n) is 6.06. The van der Waals surface area contributed by atoms with Gasteiger partial charge in [0.15, 0.2) is 0 Å². The number of hydrogen-bond donors (Lipinski definition) is 1. The summed E-state index contributed by atoms with van der Waals surface area (Å²) in [5.74, 6) is -0.0897. The standard InChI is InChI=1S/C27H36N2O6/c1-3-12-34-14-11-29-19-22-16-25(8-7-20(22)15-21(27(29)32)17-26(30)31)35-13-5-4-6-23-18-24(33-2)9-10-28-23/h7-10,16,18,21H,3-6,11-15,17,19H2,1-2H3,(H,30,31)/t21-/m0/s1. The second-order valence-corrected chi connectivity index (χ2v) is 8.79. The number of nitrogens with zero attached hydrogens (tertiary/aromatic N) is 2. The van der Waals surface area contributed by atoms with Crippen molar-refractivity contribution in [1.82, 2.24) is 9.88 Å². The Hall–Kier alpha value is -3.13. The normalized spacial score (nSPS) is 15.4. The lowest BCUT2D eigenvalue weighted by Gasteiger charge is -2.24. The van der Waals surface area contributed by atoms with Crippen LogP contribution in [0.4, 0.5) is 0 Å². The van der Waals surface area contributed by atoms with E-state index in [2.05, 4.69) is 4.98 Å². The van der Waals surface area contributed by atoms with Crippen LogP contribution in [0.15, 0.2) is 36.5 Å². The Labute approximate surface area is 207 Å². The van der Waals surface area contributed by atoms with E-state index in [1.807, 2.05) is 37.3 Å². The fourth-order valence-corrected chi connectivity index (χ4v) is 4.23. The third kappa shape index (κ3) is 8.24. The highest BCUT2D eigenvalue weighted by atomic mass is 16.5. The summed E-state index contributed by atoms with van der Waals surface area (Å²) in [6.45, 7) is 4.57. The van der Waals surface area contributed by atoms with E-state index in [1.165, 1.54) is 0 Å². The zero-order chi connectivity index (χ0) is 25.0. The van der Waals surface area contributed by atoms with Gasteiger partial charge in [-0.2, -0.15) is 0 Å². The zero-order valence-corrected chi connectivity index (χ0v) is 20.7. The van der Waals surface area contributed by atoms with Crippen LogP contribution in [0.1, 0.15) is 49.4 Å². The van der Waals surface area contributed by atoms with Gasteiger partial charge in [-0.25, -0.2) is 0 Å². The number of aliphatic carboxylic acids is 1. The van der Waals surface area contributed by atoms with Gasteiger partial charge in [0, 0.05) is 37.7 Å². The number of carboxylic acids is 1.